The van der Waals surface area contributed by atoms with Gasteiger partial charge in [0.1, 0.15) is 6.79 Å². The highest BCUT2D eigenvalue weighted by atomic mass is 16.7. The van der Waals surface area contributed by atoms with Crippen LogP contribution in [0.2, 0.25) is 0 Å². The summed E-state index contributed by atoms with van der Waals surface area (Å²) < 4.78 is 10.0. The van der Waals surface area contributed by atoms with Crippen LogP contribution in [0.5, 0.6) is 0 Å². The van der Waals surface area contributed by atoms with E-state index in [-0.39, 0.29) is 19.0 Å². The minimum atomic E-state index is -0.301. The number of methoxy groups -OCH3 is 1. The molecule has 0 aliphatic rings. The summed E-state index contributed by atoms with van der Waals surface area (Å²) in [5.41, 5.74) is 0. The first-order valence-electron chi connectivity index (χ1n) is 4.65. The Morgan fingerprint density at radius 1 is 1.54 bits per heavy atom. The quantitative estimate of drug-likeness (QED) is 0.465. The molecular formula is C10H20O3. The Hall–Kier alpha value is -0.380. The lowest BCUT2D eigenvalue weighted by Gasteiger charge is -2.16. The van der Waals surface area contributed by atoms with E-state index < -0.39 is 0 Å². The first-order valence-corrected chi connectivity index (χ1v) is 4.65. The summed E-state index contributed by atoms with van der Waals surface area (Å²) in [5.74, 6) is 0. The molecule has 0 spiro atoms. The van der Waals surface area contributed by atoms with Crippen molar-refractivity contribution in [1.82, 2.24) is 0 Å². The van der Waals surface area contributed by atoms with Crippen LogP contribution in [-0.4, -0.2) is 31.2 Å². The molecule has 0 aromatic rings. The molecule has 0 aliphatic carbocycles. The molecule has 0 unspecified atom stereocenters. The van der Waals surface area contributed by atoms with Gasteiger partial charge in [-0.25, -0.2) is 0 Å². The number of hydrogen-bond acceptors (Lipinski definition) is 3. The van der Waals surface area contributed by atoms with Crippen molar-refractivity contribution in [3.63, 3.8) is 0 Å². The van der Waals surface area contributed by atoms with Crippen molar-refractivity contribution < 1.29 is 14.6 Å². The maximum atomic E-state index is 9.48. The van der Waals surface area contributed by atoms with Gasteiger partial charge in [0.05, 0.1) is 12.2 Å². The van der Waals surface area contributed by atoms with Gasteiger partial charge in [0.25, 0.3) is 0 Å². The summed E-state index contributed by atoms with van der Waals surface area (Å²) in [5, 5.41) is 9.48. The molecule has 78 valence electrons. The predicted octanol–water partition coefficient (Wildman–Crippen LogP) is 1.71. The highest BCUT2D eigenvalue weighted by Gasteiger charge is 2.10. The van der Waals surface area contributed by atoms with Crippen molar-refractivity contribution >= 4 is 0 Å². The number of aliphatic hydroxyl groups excluding tert-OH is 1. The lowest BCUT2D eigenvalue weighted by atomic mass is 10.1. The monoisotopic (exact) mass is 188 g/mol. The van der Waals surface area contributed by atoms with Crippen molar-refractivity contribution in [2.45, 2.75) is 38.4 Å². The summed E-state index contributed by atoms with van der Waals surface area (Å²) in [6, 6.07) is 0. The summed E-state index contributed by atoms with van der Waals surface area (Å²) in [7, 11) is 1.57. The molecule has 0 bridgehead atoms. The third-order valence-electron chi connectivity index (χ3n) is 1.79. The van der Waals surface area contributed by atoms with Gasteiger partial charge in [0.2, 0.25) is 0 Å². The van der Waals surface area contributed by atoms with Crippen LogP contribution in [0.3, 0.4) is 0 Å². The van der Waals surface area contributed by atoms with E-state index in [1.165, 1.54) is 0 Å². The van der Waals surface area contributed by atoms with Crippen LogP contribution in [-0.2, 0) is 9.47 Å². The van der Waals surface area contributed by atoms with Gasteiger partial charge in [0.15, 0.2) is 0 Å². The molecule has 0 aromatic heterocycles. The number of ether oxygens (including phenoxy) is 2. The minimum Gasteiger partial charge on any atom is -0.393 e. The zero-order valence-electron chi connectivity index (χ0n) is 8.53. The van der Waals surface area contributed by atoms with Crippen molar-refractivity contribution in [2.24, 2.45) is 0 Å². The number of hydrogen-bond donors (Lipinski definition) is 1. The van der Waals surface area contributed by atoms with Gasteiger partial charge in [-0.15, -0.1) is 6.58 Å². The highest BCUT2D eigenvalue weighted by molar-refractivity contribution is 4.81. The van der Waals surface area contributed by atoms with Crippen LogP contribution in [0, 0.1) is 0 Å². The van der Waals surface area contributed by atoms with Crippen LogP contribution in [0.15, 0.2) is 12.7 Å². The largest absolute Gasteiger partial charge is 0.393 e. The summed E-state index contributed by atoms with van der Waals surface area (Å²) >= 11 is 0. The zero-order valence-corrected chi connectivity index (χ0v) is 8.53. The predicted molar refractivity (Wildman–Crippen MR) is 52.5 cm³/mol. The fourth-order valence-corrected chi connectivity index (χ4v) is 1.11. The molecule has 0 saturated carbocycles. The van der Waals surface area contributed by atoms with E-state index in [0.717, 1.165) is 12.8 Å². The Kier molecular flexibility index (Phi) is 7.99. The Balaban J connectivity index is 3.62. The van der Waals surface area contributed by atoms with Crippen LogP contribution in [0.25, 0.3) is 0 Å². The fourth-order valence-electron chi connectivity index (χ4n) is 1.11. The van der Waals surface area contributed by atoms with E-state index in [2.05, 4.69) is 6.58 Å². The van der Waals surface area contributed by atoms with Gasteiger partial charge in [-0.2, -0.15) is 0 Å². The summed E-state index contributed by atoms with van der Waals surface area (Å²) in [4.78, 5) is 0. The lowest BCUT2D eigenvalue weighted by molar-refractivity contribution is -0.0676. The average molecular weight is 188 g/mol. The van der Waals surface area contributed by atoms with Gasteiger partial charge in [0, 0.05) is 13.5 Å². The highest BCUT2D eigenvalue weighted by Crippen LogP contribution is 2.08. The molecule has 0 rings (SSSR count). The first kappa shape index (κ1) is 12.6. The average Bonchev–Trinajstić information content (AvgIpc) is 2.12. The zero-order chi connectivity index (χ0) is 10.1. The minimum absolute atomic E-state index is 0.110. The van der Waals surface area contributed by atoms with E-state index in [4.69, 9.17) is 9.47 Å². The lowest BCUT2D eigenvalue weighted by Crippen LogP contribution is -2.19. The molecule has 3 nitrogen and oxygen atoms in total. The molecule has 0 saturated heterocycles. The van der Waals surface area contributed by atoms with E-state index in [9.17, 15) is 5.11 Å². The first-order chi connectivity index (χ1) is 6.24. The fraction of sp³-hybridized carbons (Fsp3) is 0.800. The molecule has 0 radical (unpaired) electrons. The standard InChI is InChI=1S/C10H20O3/c1-4-6-9(11)7-10(5-2)13-8-12-3/h5,9-11H,2,4,6-8H2,1,3H3/t9-,10+/m1/s1. The van der Waals surface area contributed by atoms with Crippen LogP contribution in [0.1, 0.15) is 26.2 Å². The molecule has 0 aromatic carbocycles. The van der Waals surface area contributed by atoms with E-state index in [1.54, 1.807) is 13.2 Å². The molecule has 2 atom stereocenters. The van der Waals surface area contributed by atoms with E-state index in [1.807, 2.05) is 6.92 Å². The molecule has 1 N–H and O–H groups in total. The van der Waals surface area contributed by atoms with Crippen molar-refractivity contribution in [1.29, 1.82) is 0 Å². The maximum Gasteiger partial charge on any atom is 0.147 e. The van der Waals surface area contributed by atoms with Gasteiger partial charge < -0.3 is 14.6 Å². The summed E-state index contributed by atoms with van der Waals surface area (Å²) in [6.45, 7) is 5.92. The second-order valence-electron chi connectivity index (χ2n) is 3.03. The second-order valence-corrected chi connectivity index (χ2v) is 3.03. The van der Waals surface area contributed by atoms with Crippen LogP contribution in [0.4, 0.5) is 0 Å². The van der Waals surface area contributed by atoms with Gasteiger partial charge in [-0.1, -0.05) is 19.4 Å². The molecule has 0 amide bonds. The molecule has 0 fully saturated rings. The number of rotatable bonds is 8. The Labute approximate surface area is 80.4 Å². The van der Waals surface area contributed by atoms with Crippen molar-refractivity contribution in [2.75, 3.05) is 13.9 Å². The smallest absolute Gasteiger partial charge is 0.147 e. The van der Waals surface area contributed by atoms with Gasteiger partial charge in [-0.3, -0.25) is 0 Å². The van der Waals surface area contributed by atoms with E-state index >= 15 is 0 Å². The normalized spacial score (nSPS) is 15.3. The second kappa shape index (κ2) is 8.23. The molecule has 3 heteroatoms. The SMILES string of the molecule is C=C[C@@H](C[C@H](O)CCC)OCOC. The van der Waals surface area contributed by atoms with Crippen molar-refractivity contribution in [3.8, 4) is 0 Å². The third kappa shape index (κ3) is 6.75. The topological polar surface area (TPSA) is 38.7 Å². The van der Waals surface area contributed by atoms with Gasteiger partial charge >= 0.3 is 0 Å². The Morgan fingerprint density at radius 3 is 2.69 bits per heavy atom. The molecular weight excluding hydrogens is 168 g/mol. The molecule has 13 heavy (non-hydrogen) atoms. The molecule has 0 heterocycles. The van der Waals surface area contributed by atoms with Crippen LogP contribution < -0.4 is 0 Å². The van der Waals surface area contributed by atoms with Crippen LogP contribution >= 0.6 is 0 Å². The third-order valence-corrected chi connectivity index (χ3v) is 1.79. The summed E-state index contributed by atoms with van der Waals surface area (Å²) in [6.07, 6.45) is 3.67. The maximum absolute atomic E-state index is 9.48. The Bertz CT molecular complexity index is 125. The Morgan fingerprint density at radius 2 is 2.23 bits per heavy atom. The number of aliphatic hydroxyl groups is 1. The van der Waals surface area contributed by atoms with E-state index in [0.29, 0.717) is 6.42 Å². The van der Waals surface area contributed by atoms with Gasteiger partial charge in [-0.05, 0) is 6.42 Å². The molecule has 0 aliphatic heterocycles. The van der Waals surface area contributed by atoms with Crippen molar-refractivity contribution in [3.05, 3.63) is 12.7 Å².